The molecule has 0 bridgehead atoms. The first-order chi connectivity index (χ1) is 16.2. The first-order valence-electron chi connectivity index (χ1n) is 10.9. The van der Waals surface area contributed by atoms with Crippen molar-refractivity contribution < 1.29 is 19.4 Å². The predicted molar refractivity (Wildman–Crippen MR) is 128 cm³/mol. The van der Waals surface area contributed by atoms with Crippen molar-refractivity contribution >= 4 is 45.5 Å². The van der Waals surface area contributed by atoms with Crippen LogP contribution in [0.3, 0.4) is 0 Å². The molecule has 10 nitrogen and oxygen atoms in total. The fourth-order valence-corrected chi connectivity index (χ4v) is 4.08. The van der Waals surface area contributed by atoms with Crippen molar-refractivity contribution in [2.75, 3.05) is 10.6 Å². The summed E-state index contributed by atoms with van der Waals surface area (Å²) in [5, 5.41) is 12.1. The first kappa shape index (κ1) is 21.6. The van der Waals surface area contributed by atoms with E-state index < -0.39 is 17.8 Å². The van der Waals surface area contributed by atoms with Gasteiger partial charge in [-0.3, -0.25) is 4.98 Å². The molecule has 3 N–H and O–H groups in total. The maximum Gasteiger partial charge on any atom is 0.425 e. The molecule has 10 heteroatoms. The second kappa shape index (κ2) is 7.68. The van der Waals surface area contributed by atoms with Gasteiger partial charge in [0.25, 0.3) is 0 Å². The van der Waals surface area contributed by atoms with Crippen LogP contribution >= 0.6 is 0 Å². The number of carbonyl (C=O) groups is 2. The number of hydrogen-bond acceptors (Lipinski definition) is 7. The van der Waals surface area contributed by atoms with E-state index in [9.17, 15) is 14.7 Å². The van der Waals surface area contributed by atoms with Gasteiger partial charge in [0.15, 0.2) is 5.82 Å². The van der Waals surface area contributed by atoms with Crippen LogP contribution < -0.4 is 10.6 Å². The van der Waals surface area contributed by atoms with E-state index in [4.69, 9.17) is 10.5 Å². The van der Waals surface area contributed by atoms with E-state index in [1.165, 1.54) is 6.33 Å². The third-order valence-electron chi connectivity index (χ3n) is 5.65. The molecule has 174 valence electrons. The number of imide groups is 1. The number of fused-ring (bicyclic) bond motifs is 2. The van der Waals surface area contributed by atoms with E-state index in [0.29, 0.717) is 27.2 Å². The van der Waals surface area contributed by atoms with E-state index in [2.05, 4.69) is 15.0 Å². The van der Waals surface area contributed by atoms with Crippen molar-refractivity contribution in [2.45, 2.75) is 45.3 Å². The Hall–Kier alpha value is -4.21. The number of aromatic nitrogens is 4. The molecule has 4 aromatic rings. The summed E-state index contributed by atoms with van der Waals surface area (Å²) in [7, 11) is 0. The van der Waals surface area contributed by atoms with Crippen LogP contribution in [0, 0.1) is 0 Å². The van der Waals surface area contributed by atoms with Gasteiger partial charge >= 0.3 is 12.2 Å². The molecule has 0 unspecified atom stereocenters. The van der Waals surface area contributed by atoms with Crippen LogP contribution in [0.15, 0.2) is 43.1 Å². The maximum atomic E-state index is 12.9. The molecule has 1 aromatic carbocycles. The summed E-state index contributed by atoms with van der Waals surface area (Å²) in [6.07, 6.45) is 6.03. The maximum absolute atomic E-state index is 12.9. The lowest BCUT2D eigenvalue weighted by atomic mass is 9.98. The highest BCUT2D eigenvalue weighted by Gasteiger charge is 2.35. The standard InChI is InChI=1S/C24H24N6O4/c1-24(2,3)34-23(33)30(22(31)32)21-19-17(11-29(13-4-5-13)20(19)27-12-28-21)14-6-7-18(25)16-10-26-9-8-15(14)16/h6-13H,4-5,25H2,1-3H3,(H,31,32). The van der Waals surface area contributed by atoms with Gasteiger partial charge in [-0.15, -0.1) is 0 Å². The fourth-order valence-electron chi connectivity index (χ4n) is 4.08. The summed E-state index contributed by atoms with van der Waals surface area (Å²) in [6, 6.07) is 5.76. The van der Waals surface area contributed by atoms with Gasteiger partial charge in [0.05, 0.1) is 5.39 Å². The minimum Gasteiger partial charge on any atom is -0.464 e. The third-order valence-corrected chi connectivity index (χ3v) is 5.65. The number of benzene rings is 1. The number of rotatable bonds is 3. The SMILES string of the molecule is CC(C)(C)OC(=O)N(C(=O)O)c1ncnc2c1c(-c1ccc(N)c3cnccc13)cn2C1CC1. The molecule has 1 aliphatic rings. The van der Waals surface area contributed by atoms with Gasteiger partial charge in [-0.05, 0) is 56.7 Å². The van der Waals surface area contributed by atoms with Crippen LogP contribution in [0.5, 0.6) is 0 Å². The molecule has 3 aromatic heterocycles. The van der Waals surface area contributed by atoms with Gasteiger partial charge in [-0.1, -0.05) is 6.07 Å². The Labute approximate surface area is 195 Å². The van der Waals surface area contributed by atoms with Gasteiger partial charge in [0.2, 0.25) is 0 Å². The van der Waals surface area contributed by atoms with Gasteiger partial charge in [-0.2, -0.15) is 4.90 Å². The molecule has 0 radical (unpaired) electrons. The zero-order chi connectivity index (χ0) is 24.2. The molecule has 34 heavy (non-hydrogen) atoms. The number of anilines is 2. The molecule has 1 saturated carbocycles. The minimum absolute atomic E-state index is 0.0554. The van der Waals surface area contributed by atoms with Crippen LogP contribution in [0.1, 0.15) is 39.7 Å². The molecule has 0 saturated heterocycles. The van der Waals surface area contributed by atoms with E-state index in [1.54, 1.807) is 39.2 Å². The van der Waals surface area contributed by atoms with Crippen LogP contribution in [-0.2, 0) is 4.74 Å². The molecule has 3 heterocycles. The minimum atomic E-state index is -1.49. The highest BCUT2D eigenvalue weighted by molar-refractivity contribution is 6.17. The zero-order valence-electron chi connectivity index (χ0n) is 19.0. The Kier molecular flexibility index (Phi) is 4.89. The number of amides is 2. The van der Waals surface area contributed by atoms with Crippen LogP contribution in [-0.4, -0.2) is 42.4 Å². The third kappa shape index (κ3) is 3.66. The highest BCUT2D eigenvalue weighted by Crippen LogP contribution is 2.44. The number of nitrogen functional groups attached to an aromatic ring is 1. The molecular formula is C24H24N6O4. The largest absolute Gasteiger partial charge is 0.464 e. The van der Waals surface area contributed by atoms with Gasteiger partial charge in [-0.25, -0.2) is 19.6 Å². The summed E-state index contributed by atoms with van der Waals surface area (Å²) >= 11 is 0. The van der Waals surface area contributed by atoms with Gasteiger partial charge in [0, 0.05) is 41.3 Å². The van der Waals surface area contributed by atoms with Crippen LogP contribution in [0.4, 0.5) is 21.1 Å². The lowest BCUT2D eigenvalue weighted by molar-refractivity contribution is 0.0581. The Morgan fingerprint density at radius 2 is 1.91 bits per heavy atom. The Balaban J connectivity index is 1.81. The summed E-state index contributed by atoms with van der Waals surface area (Å²) < 4.78 is 7.40. The van der Waals surface area contributed by atoms with Crippen molar-refractivity contribution in [1.29, 1.82) is 0 Å². The van der Waals surface area contributed by atoms with Crippen molar-refractivity contribution in [1.82, 2.24) is 19.5 Å². The average Bonchev–Trinajstić information content (AvgIpc) is 3.54. The summed E-state index contributed by atoms with van der Waals surface area (Å²) in [6.45, 7) is 5.01. The van der Waals surface area contributed by atoms with Crippen molar-refractivity contribution in [3.05, 3.63) is 43.1 Å². The topological polar surface area (TPSA) is 136 Å². The van der Waals surface area contributed by atoms with E-state index in [-0.39, 0.29) is 11.9 Å². The quantitative estimate of drug-likeness (QED) is 0.408. The van der Waals surface area contributed by atoms with Crippen molar-refractivity contribution in [2.24, 2.45) is 0 Å². The predicted octanol–water partition coefficient (Wildman–Crippen LogP) is 4.98. The molecule has 0 spiro atoms. The summed E-state index contributed by atoms with van der Waals surface area (Å²) in [5.41, 5.74) is 7.93. The molecule has 1 fully saturated rings. The average molecular weight is 460 g/mol. The van der Waals surface area contributed by atoms with E-state index in [1.807, 2.05) is 22.9 Å². The van der Waals surface area contributed by atoms with Gasteiger partial charge in [0.1, 0.15) is 17.6 Å². The number of pyridine rings is 1. The first-order valence-corrected chi connectivity index (χ1v) is 10.9. The number of carbonyl (C=O) groups excluding carboxylic acids is 1. The van der Waals surface area contributed by atoms with E-state index >= 15 is 0 Å². The molecule has 0 aliphatic heterocycles. The van der Waals surface area contributed by atoms with Crippen molar-refractivity contribution in [3.63, 3.8) is 0 Å². The summed E-state index contributed by atoms with van der Waals surface area (Å²) in [5.74, 6) is -0.0554. The normalized spacial score (nSPS) is 13.9. The summed E-state index contributed by atoms with van der Waals surface area (Å²) in [4.78, 5) is 38.6. The lowest BCUT2D eigenvalue weighted by Gasteiger charge is -2.24. The second-order valence-corrected chi connectivity index (χ2v) is 9.30. The number of nitrogens with zero attached hydrogens (tertiary/aromatic N) is 5. The fraction of sp³-hybridized carbons (Fsp3) is 0.292. The van der Waals surface area contributed by atoms with Gasteiger partial charge < -0.3 is 20.1 Å². The van der Waals surface area contributed by atoms with Crippen LogP contribution in [0.25, 0.3) is 32.9 Å². The Bertz CT molecular complexity index is 1450. The molecule has 2 amide bonds. The van der Waals surface area contributed by atoms with E-state index in [0.717, 1.165) is 29.2 Å². The number of ether oxygens (including phenoxy) is 1. The Morgan fingerprint density at radius 1 is 1.15 bits per heavy atom. The monoisotopic (exact) mass is 460 g/mol. The number of carboxylic acid groups (broad SMARTS) is 1. The number of hydrogen-bond donors (Lipinski definition) is 2. The van der Waals surface area contributed by atoms with Crippen LogP contribution in [0.2, 0.25) is 0 Å². The molecule has 1 aliphatic carbocycles. The molecular weight excluding hydrogens is 436 g/mol. The highest BCUT2D eigenvalue weighted by atomic mass is 16.6. The second-order valence-electron chi connectivity index (χ2n) is 9.30. The zero-order valence-corrected chi connectivity index (χ0v) is 19.0. The molecule has 5 rings (SSSR count). The van der Waals surface area contributed by atoms with Crippen molar-refractivity contribution in [3.8, 4) is 11.1 Å². The molecule has 0 atom stereocenters. The smallest absolute Gasteiger partial charge is 0.425 e. The number of nitrogens with two attached hydrogens (primary N) is 1. The Morgan fingerprint density at radius 3 is 2.59 bits per heavy atom. The lowest BCUT2D eigenvalue weighted by Crippen LogP contribution is -2.40.